The Balaban J connectivity index is 1.95. The van der Waals surface area contributed by atoms with Crippen molar-refractivity contribution in [3.63, 3.8) is 0 Å². The smallest absolute Gasteiger partial charge is 0.303 e. The van der Waals surface area contributed by atoms with Crippen LogP contribution in [-0.2, 0) is 16.6 Å². The van der Waals surface area contributed by atoms with Gasteiger partial charge in [0.25, 0.3) is 5.91 Å². The van der Waals surface area contributed by atoms with Gasteiger partial charge in [0, 0.05) is 42.2 Å². The van der Waals surface area contributed by atoms with Crippen molar-refractivity contribution in [2.24, 2.45) is 7.05 Å². The number of amides is 1. The third-order valence-electron chi connectivity index (χ3n) is 4.67. The van der Waals surface area contributed by atoms with Gasteiger partial charge in [0.05, 0.1) is 12.0 Å². The molecule has 0 saturated carbocycles. The molecule has 0 unspecified atom stereocenters. The summed E-state index contributed by atoms with van der Waals surface area (Å²) in [5, 5.41) is 9.78. The number of methoxy groups -OCH3 is 1. The molecule has 27 heavy (non-hydrogen) atoms. The predicted molar refractivity (Wildman–Crippen MR) is 111 cm³/mol. The van der Waals surface area contributed by atoms with E-state index in [0.717, 1.165) is 27.9 Å². The van der Waals surface area contributed by atoms with Crippen molar-refractivity contribution in [1.29, 1.82) is 0 Å². The van der Waals surface area contributed by atoms with Crippen LogP contribution in [-0.4, -0.2) is 44.4 Å². The van der Waals surface area contributed by atoms with Crippen LogP contribution in [0.4, 0.5) is 0 Å². The summed E-state index contributed by atoms with van der Waals surface area (Å²) < 4.78 is 7.88. The molecule has 1 aromatic heterocycles. The first-order valence-electron chi connectivity index (χ1n) is 8.43. The normalized spacial score (nSPS) is 16.0. The molecule has 2 aromatic rings. The van der Waals surface area contributed by atoms with Gasteiger partial charge in [0.15, 0.2) is 0 Å². The molecule has 1 aliphatic rings. The third-order valence-corrected chi connectivity index (χ3v) is 6.05. The van der Waals surface area contributed by atoms with E-state index in [-0.39, 0.29) is 12.3 Å². The van der Waals surface area contributed by atoms with Crippen LogP contribution >= 0.6 is 24.0 Å². The molecular formula is C19H20N2O4S2. The Hall–Kier alpha value is -2.32. The lowest BCUT2D eigenvalue weighted by molar-refractivity contribution is -0.137. The SMILES string of the molecule is COc1ccc2c(c1)c(C=C1SC(=S)N(CCCC(=O)O)C1=O)c(C)n2C. The Kier molecular flexibility index (Phi) is 5.57. The topological polar surface area (TPSA) is 71.8 Å². The highest BCUT2D eigenvalue weighted by molar-refractivity contribution is 8.26. The van der Waals surface area contributed by atoms with Crippen molar-refractivity contribution >= 4 is 57.2 Å². The number of nitrogens with zero attached hydrogens (tertiary/aromatic N) is 2. The number of aromatic nitrogens is 1. The number of hydrogen-bond acceptors (Lipinski definition) is 5. The van der Waals surface area contributed by atoms with Crippen molar-refractivity contribution in [2.75, 3.05) is 13.7 Å². The fraction of sp³-hybridized carbons (Fsp3) is 0.316. The van der Waals surface area contributed by atoms with Gasteiger partial charge in [-0.05, 0) is 37.6 Å². The highest BCUT2D eigenvalue weighted by atomic mass is 32.2. The number of fused-ring (bicyclic) bond motifs is 1. The number of carbonyl (C=O) groups excluding carboxylic acids is 1. The van der Waals surface area contributed by atoms with Crippen LogP contribution < -0.4 is 4.74 Å². The van der Waals surface area contributed by atoms with E-state index in [4.69, 9.17) is 22.1 Å². The predicted octanol–water partition coefficient (Wildman–Crippen LogP) is 3.56. The molecule has 0 spiro atoms. The summed E-state index contributed by atoms with van der Waals surface area (Å²) >= 11 is 6.57. The molecule has 1 N–H and O–H groups in total. The second kappa shape index (κ2) is 7.74. The van der Waals surface area contributed by atoms with E-state index in [0.29, 0.717) is 22.2 Å². The molecule has 1 amide bonds. The van der Waals surface area contributed by atoms with E-state index in [1.807, 2.05) is 38.2 Å². The first-order valence-corrected chi connectivity index (χ1v) is 9.66. The van der Waals surface area contributed by atoms with Gasteiger partial charge in [-0.25, -0.2) is 0 Å². The lowest BCUT2D eigenvalue weighted by Gasteiger charge is -2.13. The molecule has 1 fully saturated rings. The van der Waals surface area contributed by atoms with Gasteiger partial charge in [-0.2, -0.15) is 0 Å². The van der Waals surface area contributed by atoms with Crippen LogP contribution in [0.3, 0.4) is 0 Å². The van der Waals surface area contributed by atoms with Crippen molar-refractivity contribution in [3.05, 3.63) is 34.4 Å². The standard InChI is InChI=1S/C19H20N2O4S2/c1-11-13(14-9-12(25-3)6-7-15(14)20(11)2)10-16-18(24)21(19(26)27-16)8-4-5-17(22)23/h6-7,9-10H,4-5,8H2,1-3H3,(H,22,23). The minimum absolute atomic E-state index is 0.0122. The van der Waals surface area contributed by atoms with Gasteiger partial charge in [0.2, 0.25) is 0 Å². The minimum atomic E-state index is -0.878. The summed E-state index contributed by atoms with van der Waals surface area (Å²) in [7, 11) is 3.61. The van der Waals surface area contributed by atoms with Crippen molar-refractivity contribution in [3.8, 4) is 5.75 Å². The molecule has 0 aliphatic carbocycles. The van der Waals surface area contributed by atoms with Crippen LogP contribution in [0, 0.1) is 6.92 Å². The summed E-state index contributed by atoms with van der Waals surface area (Å²) in [6, 6.07) is 5.87. The second-order valence-electron chi connectivity index (χ2n) is 6.27. The Morgan fingerprint density at radius 2 is 2.15 bits per heavy atom. The molecule has 0 atom stereocenters. The summed E-state index contributed by atoms with van der Waals surface area (Å²) in [4.78, 5) is 25.5. The lowest BCUT2D eigenvalue weighted by Crippen LogP contribution is -2.29. The molecule has 1 saturated heterocycles. The Morgan fingerprint density at radius 1 is 1.41 bits per heavy atom. The van der Waals surface area contributed by atoms with Gasteiger partial charge < -0.3 is 14.4 Å². The molecule has 1 aromatic carbocycles. The molecule has 3 rings (SSSR count). The van der Waals surface area contributed by atoms with Crippen molar-refractivity contribution < 1.29 is 19.4 Å². The Labute approximate surface area is 166 Å². The molecule has 0 radical (unpaired) electrons. The molecule has 2 heterocycles. The first-order chi connectivity index (χ1) is 12.8. The van der Waals surface area contributed by atoms with Crippen LogP contribution in [0.2, 0.25) is 0 Å². The van der Waals surface area contributed by atoms with Crippen LogP contribution in [0.25, 0.3) is 17.0 Å². The monoisotopic (exact) mass is 404 g/mol. The van der Waals surface area contributed by atoms with E-state index in [1.54, 1.807) is 7.11 Å². The number of carboxylic acid groups (broad SMARTS) is 1. The molecule has 6 nitrogen and oxygen atoms in total. The zero-order valence-corrected chi connectivity index (χ0v) is 16.9. The zero-order valence-electron chi connectivity index (χ0n) is 15.3. The van der Waals surface area contributed by atoms with Gasteiger partial charge >= 0.3 is 5.97 Å². The maximum atomic E-state index is 12.7. The Bertz CT molecular complexity index is 978. The summed E-state index contributed by atoms with van der Waals surface area (Å²) in [6.07, 6.45) is 2.26. The quantitative estimate of drug-likeness (QED) is 0.586. The number of thiocarbonyl (C=S) groups is 1. The number of rotatable bonds is 6. The number of aliphatic carboxylic acids is 1. The number of carboxylic acids is 1. The van der Waals surface area contributed by atoms with Crippen LogP contribution in [0.1, 0.15) is 24.1 Å². The number of aryl methyl sites for hydroxylation is 1. The van der Waals surface area contributed by atoms with E-state index in [1.165, 1.54) is 16.7 Å². The van der Waals surface area contributed by atoms with Gasteiger partial charge in [0.1, 0.15) is 10.1 Å². The Morgan fingerprint density at radius 3 is 2.81 bits per heavy atom. The number of carbonyl (C=O) groups is 2. The number of thioether (sulfide) groups is 1. The summed E-state index contributed by atoms with van der Waals surface area (Å²) in [5.74, 6) is -0.296. The van der Waals surface area contributed by atoms with Gasteiger partial charge in [-0.15, -0.1) is 0 Å². The van der Waals surface area contributed by atoms with Crippen molar-refractivity contribution in [2.45, 2.75) is 19.8 Å². The summed E-state index contributed by atoms with van der Waals surface area (Å²) in [5.41, 5.74) is 3.04. The van der Waals surface area contributed by atoms with Gasteiger partial charge in [-0.1, -0.05) is 24.0 Å². The van der Waals surface area contributed by atoms with Crippen molar-refractivity contribution in [1.82, 2.24) is 9.47 Å². The minimum Gasteiger partial charge on any atom is -0.497 e. The fourth-order valence-corrected chi connectivity index (χ4v) is 4.39. The molecular weight excluding hydrogens is 384 g/mol. The molecule has 8 heteroatoms. The highest BCUT2D eigenvalue weighted by Gasteiger charge is 2.32. The van der Waals surface area contributed by atoms with Crippen LogP contribution in [0.15, 0.2) is 23.1 Å². The third kappa shape index (κ3) is 3.72. The highest BCUT2D eigenvalue weighted by Crippen LogP contribution is 2.36. The first kappa shape index (κ1) is 19.4. The average molecular weight is 405 g/mol. The number of ether oxygens (including phenoxy) is 1. The summed E-state index contributed by atoms with van der Waals surface area (Å²) in [6.45, 7) is 2.32. The largest absolute Gasteiger partial charge is 0.497 e. The number of hydrogen-bond donors (Lipinski definition) is 1. The van der Waals surface area contributed by atoms with E-state index < -0.39 is 5.97 Å². The zero-order chi connectivity index (χ0) is 19.7. The lowest BCUT2D eigenvalue weighted by atomic mass is 10.1. The van der Waals surface area contributed by atoms with Crippen LogP contribution in [0.5, 0.6) is 5.75 Å². The second-order valence-corrected chi connectivity index (χ2v) is 7.95. The number of benzene rings is 1. The fourth-order valence-electron chi connectivity index (χ4n) is 3.10. The van der Waals surface area contributed by atoms with E-state index in [2.05, 4.69) is 4.57 Å². The molecule has 142 valence electrons. The van der Waals surface area contributed by atoms with Gasteiger partial charge in [-0.3, -0.25) is 14.5 Å². The molecule has 0 bridgehead atoms. The maximum Gasteiger partial charge on any atom is 0.303 e. The molecule has 1 aliphatic heterocycles. The van der Waals surface area contributed by atoms with E-state index in [9.17, 15) is 9.59 Å². The average Bonchev–Trinajstić information content (AvgIpc) is 3.03. The maximum absolute atomic E-state index is 12.7. The van der Waals surface area contributed by atoms with E-state index >= 15 is 0 Å².